The van der Waals surface area contributed by atoms with Crippen molar-refractivity contribution in [3.8, 4) is 0 Å². The highest BCUT2D eigenvalue weighted by molar-refractivity contribution is 6.36. The minimum atomic E-state index is -0.0626. The molecule has 2 aromatic carbocycles. The molecule has 0 radical (unpaired) electrons. The van der Waals surface area contributed by atoms with E-state index < -0.39 is 0 Å². The molecule has 126 valence electrons. The van der Waals surface area contributed by atoms with Gasteiger partial charge >= 0.3 is 0 Å². The smallest absolute Gasteiger partial charge is 0.238 e. The molecule has 1 heterocycles. The number of halogens is 2. The van der Waals surface area contributed by atoms with E-state index >= 15 is 0 Å². The fourth-order valence-electron chi connectivity index (χ4n) is 2.79. The van der Waals surface area contributed by atoms with Crippen molar-refractivity contribution in [1.82, 2.24) is 4.90 Å². The minimum absolute atomic E-state index is 0.0626. The molecule has 1 aliphatic heterocycles. The van der Waals surface area contributed by atoms with Crippen molar-refractivity contribution in [1.29, 1.82) is 0 Å². The van der Waals surface area contributed by atoms with Crippen molar-refractivity contribution in [2.75, 3.05) is 42.9 Å². The van der Waals surface area contributed by atoms with Gasteiger partial charge in [0.1, 0.15) is 0 Å². The number of carbonyl (C=O) groups excluding carboxylic acids is 1. The number of rotatable bonds is 4. The van der Waals surface area contributed by atoms with E-state index in [-0.39, 0.29) is 5.91 Å². The number of piperazine rings is 1. The van der Waals surface area contributed by atoms with Gasteiger partial charge in [-0.05, 0) is 30.3 Å². The van der Waals surface area contributed by atoms with Crippen molar-refractivity contribution in [3.05, 3.63) is 58.6 Å². The van der Waals surface area contributed by atoms with E-state index in [1.54, 1.807) is 18.2 Å². The van der Waals surface area contributed by atoms with Crippen LogP contribution in [0.5, 0.6) is 0 Å². The highest BCUT2D eigenvalue weighted by Gasteiger charge is 2.19. The maximum atomic E-state index is 12.2. The molecule has 0 atom stereocenters. The number of hydrogen-bond donors (Lipinski definition) is 1. The van der Waals surface area contributed by atoms with Gasteiger partial charge in [-0.15, -0.1) is 0 Å². The van der Waals surface area contributed by atoms with Crippen LogP contribution < -0.4 is 10.2 Å². The predicted molar refractivity (Wildman–Crippen MR) is 100 cm³/mol. The summed E-state index contributed by atoms with van der Waals surface area (Å²) in [6.07, 6.45) is 0. The molecule has 1 saturated heterocycles. The van der Waals surface area contributed by atoms with Gasteiger partial charge in [-0.3, -0.25) is 9.69 Å². The van der Waals surface area contributed by atoms with Crippen LogP contribution in [0.3, 0.4) is 0 Å². The molecule has 0 aliphatic carbocycles. The third kappa shape index (κ3) is 4.41. The molecule has 1 aliphatic rings. The number of anilines is 2. The van der Waals surface area contributed by atoms with Gasteiger partial charge < -0.3 is 10.2 Å². The summed E-state index contributed by atoms with van der Waals surface area (Å²) in [7, 11) is 0. The van der Waals surface area contributed by atoms with Gasteiger partial charge in [0.2, 0.25) is 5.91 Å². The van der Waals surface area contributed by atoms with Gasteiger partial charge in [0.25, 0.3) is 0 Å². The zero-order valence-electron chi connectivity index (χ0n) is 13.2. The van der Waals surface area contributed by atoms with E-state index in [1.165, 1.54) is 5.69 Å². The van der Waals surface area contributed by atoms with Gasteiger partial charge in [0.15, 0.2) is 0 Å². The predicted octanol–water partition coefficient (Wildman–Crippen LogP) is 3.75. The summed E-state index contributed by atoms with van der Waals surface area (Å²) in [6, 6.07) is 15.4. The normalized spacial score (nSPS) is 15.3. The Balaban J connectivity index is 1.50. The summed E-state index contributed by atoms with van der Waals surface area (Å²) >= 11 is 11.9. The van der Waals surface area contributed by atoms with Crippen LogP contribution in [0.15, 0.2) is 48.5 Å². The second kappa shape index (κ2) is 7.88. The molecule has 2 aromatic rings. The van der Waals surface area contributed by atoms with Crippen molar-refractivity contribution in [2.24, 2.45) is 0 Å². The minimum Gasteiger partial charge on any atom is -0.369 e. The summed E-state index contributed by atoms with van der Waals surface area (Å²) < 4.78 is 0. The average molecular weight is 364 g/mol. The van der Waals surface area contributed by atoms with Crippen molar-refractivity contribution in [2.45, 2.75) is 0 Å². The van der Waals surface area contributed by atoms with E-state index in [0.717, 1.165) is 26.2 Å². The number of para-hydroxylation sites is 1. The maximum absolute atomic E-state index is 12.2. The first-order valence-electron chi connectivity index (χ1n) is 7.89. The number of nitrogens with one attached hydrogen (secondary N) is 1. The Morgan fingerprint density at radius 2 is 1.71 bits per heavy atom. The van der Waals surface area contributed by atoms with Gasteiger partial charge in [-0.25, -0.2) is 0 Å². The molecule has 3 rings (SSSR count). The summed E-state index contributed by atoms with van der Waals surface area (Å²) in [5, 5.41) is 3.84. The molecule has 0 aromatic heterocycles. The monoisotopic (exact) mass is 363 g/mol. The largest absolute Gasteiger partial charge is 0.369 e. The standard InChI is InChI=1S/C18H19Cl2N3O/c19-14-6-7-17(16(20)12-14)21-18(24)13-22-8-10-23(11-9-22)15-4-2-1-3-5-15/h1-7,12H,8-11,13H2,(H,21,24). The molecule has 1 amide bonds. The van der Waals surface area contributed by atoms with Crippen LogP contribution in [0.4, 0.5) is 11.4 Å². The molecule has 24 heavy (non-hydrogen) atoms. The topological polar surface area (TPSA) is 35.6 Å². The second-order valence-corrected chi connectivity index (χ2v) is 6.61. The third-order valence-electron chi connectivity index (χ3n) is 4.07. The van der Waals surface area contributed by atoms with Gasteiger partial charge in [-0.1, -0.05) is 41.4 Å². The zero-order chi connectivity index (χ0) is 16.9. The lowest BCUT2D eigenvalue weighted by Gasteiger charge is -2.35. The molecule has 0 spiro atoms. The Kier molecular flexibility index (Phi) is 5.61. The molecular formula is C18H19Cl2N3O. The van der Waals surface area contributed by atoms with Gasteiger partial charge in [0, 0.05) is 36.9 Å². The lowest BCUT2D eigenvalue weighted by atomic mass is 10.2. The number of nitrogens with zero attached hydrogens (tertiary/aromatic N) is 2. The highest BCUT2D eigenvalue weighted by Crippen LogP contribution is 2.25. The molecule has 1 fully saturated rings. The SMILES string of the molecule is O=C(CN1CCN(c2ccccc2)CC1)Nc1ccc(Cl)cc1Cl. The fourth-order valence-corrected chi connectivity index (χ4v) is 3.24. The Hall–Kier alpha value is -1.75. The summed E-state index contributed by atoms with van der Waals surface area (Å²) in [5.74, 6) is -0.0626. The number of amides is 1. The Labute approximate surface area is 152 Å². The molecule has 0 unspecified atom stereocenters. The lowest BCUT2D eigenvalue weighted by Crippen LogP contribution is -2.48. The number of benzene rings is 2. The Bertz CT molecular complexity index is 701. The molecular weight excluding hydrogens is 345 g/mol. The molecule has 0 saturated carbocycles. The Morgan fingerprint density at radius 1 is 1.00 bits per heavy atom. The summed E-state index contributed by atoms with van der Waals surface area (Å²) in [6.45, 7) is 3.91. The third-order valence-corrected chi connectivity index (χ3v) is 4.61. The first kappa shape index (κ1) is 17.1. The van der Waals surface area contributed by atoms with Crippen LogP contribution in [-0.2, 0) is 4.79 Å². The lowest BCUT2D eigenvalue weighted by molar-refractivity contribution is -0.117. The molecule has 1 N–H and O–H groups in total. The van der Waals surface area contributed by atoms with E-state index in [2.05, 4.69) is 27.2 Å². The average Bonchev–Trinajstić information content (AvgIpc) is 2.59. The van der Waals surface area contributed by atoms with Crippen molar-refractivity contribution < 1.29 is 4.79 Å². The zero-order valence-corrected chi connectivity index (χ0v) is 14.7. The number of hydrogen-bond acceptors (Lipinski definition) is 3. The first-order chi connectivity index (χ1) is 11.6. The Morgan fingerprint density at radius 3 is 2.38 bits per heavy atom. The molecule has 6 heteroatoms. The first-order valence-corrected chi connectivity index (χ1v) is 8.65. The van der Waals surface area contributed by atoms with E-state index in [4.69, 9.17) is 23.2 Å². The quantitative estimate of drug-likeness (QED) is 0.898. The van der Waals surface area contributed by atoms with Crippen LogP contribution in [0.1, 0.15) is 0 Å². The van der Waals surface area contributed by atoms with Gasteiger partial charge in [-0.2, -0.15) is 0 Å². The van der Waals surface area contributed by atoms with Crippen molar-refractivity contribution in [3.63, 3.8) is 0 Å². The summed E-state index contributed by atoms with van der Waals surface area (Å²) in [5.41, 5.74) is 1.82. The van der Waals surface area contributed by atoms with Gasteiger partial charge in [0.05, 0.1) is 17.3 Å². The maximum Gasteiger partial charge on any atom is 0.238 e. The molecule has 4 nitrogen and oxygen atoms in total. The summed E-state index contributed by atoms with van der Waals surface area (Å²) in [4.78, 5) is 16.7. The highest BCUT2D eigenvalue weighted by atomic mass is 35.5. The van der Waals surface area contributed by atoms with Crippen LogP contribution in [0.2, 0.25) is 10.0 Å². The molecule has 0 bridgehead atoms. The second-order valence-electron chi connectivity index (χ2n) is 5.77. The van der Waals surface area contributed by atoms with Crippen molar-refractivity contribution >= 4 is 40.5 Å². The van der Waals surface area contributed by atoms with E-state index in [0.29, 0.717) is 22.3 Å². The number of carbonyl (C=O) groups is 1. The van der Waals surface area contributed by atoms with Crippen LogP contribution in [0, 0.1) is 0 Å². The van der Waals surface area contributed by atoms with E-state index in [9.17, 15) is 4.79 Å². The van der Waals surface area contributed by atoms with Crippen LogP contribution >= 0.6 is 23.2 Å². The van der Waals surface area contributed by atoms with E-state index in [1.807, 2.05) is 18.2 Å². The van der Waals surface area contributed by atoms with Crippen LogP contribution in [0.25, 0.3) is 0 Å². The van der Waals surface area contributed by atoms with Crippen LogP contribution in [-0.4, -0.2) is 43.5 Å². The fraction of sp³-hybridized carbons (Fsp3) is 0.278.